The molecule has 2 heterocycles. The quantitative estimate of drug-likeness (QED) is 0.117. The van der Waals surface area contributed by atoms with Gasteiger partial charge in [-0.2, -0.15) is 0 Å². The Balaban J connectivity index is 1.45. The number of carbonyl (C=O) groups is 2. The first kappa shape index (κ1) is 29.1. The third kappa shape index (κ3) is 6.81. The van der Waals surface area contributed by atoms with Crippen LogP contribution < -0.4 is 10.1 Å². The van der Waals surface area contributed by atoms with E-state index in [-0.39, 0.29) is 18.3 Å². The molecule has 2 aromatic carbocycles. The lowest BCUT2D eigenvalue weighted by Gasteiger charge is -2.11. The topological polar surface area (TPSA) is 95.3 Å². The Bertz CT molecular complexity index is 1510. The van der Waals surface area contributed by atoms with Gasteiger partial charge in [-0.05, 0) is 49.1 Å². The second-order valence-electron chi connectivity index (χ2n) is 9.08. The van der Waals surface area contributed by atoms with Crippen molar-refractivity contribution in [3.8, 4) is 16.9 Å². The molecule has 1 amide bonds. The van der Waals surface area contributed by atoms with E-state index in [0.717, 1.165) is 34.4 Å². The van der Waals surface area contributed by atoms with Crippen LogP contribution in [0.3, 0.4) is 0 Å². The van der Waals surface area contributed by atoms with Crippen molar-refractivity contribution in [1.82, 2.24) is 14.8 Å². The average molecular weight is 577 g/mol. The molecule has 4 aromatic rings. The number of nitrogens with zero attached hydrogens (tertiary/aromatic N) is 3. The van der Waals surface area contributed by atoms with Crippen molar-refractivity contribution in [1.29, 1.82) is 0 Å². The van der Waals surface area contributed by atoms with Gasteiger partial charge in [0.15, 0.2) is 11.0 Å². The highest BCUT2D eigenvalue weighted by molar-refractivity contribution is 7.99. The number of esters is 1. The molecule has 8 nitrogen and oxygen atoms in total. The molecule has 0 unspecified atom stereocenters. The number of nitrogens with one attached hydrogen (secondary N) is 1. The van der Waals surface area contributed by atoms with Gasteiger partial charge in [-0.1, -0.05) is 60.7 Å². The fourth-order valence-corrected chi connectivity index (χ4v) is 5.82. The van der Waals surface area contributed by atoms with Crippen LogP contribution in [0.5, 0.6) is 5.75 Å². The minimum atomic E-state index is -0.500. The van der Waals surface area contributed by atoms with E-state index in [2.05, 4.69) is 29.0 Å². The SMILES string of the molecule is C=CCn1c(COc2ccc(CC)cc2)nnc1SCC(=O)Nc1scc(-c2cc(C)ccc2C)c1C(=O)OC. The van der Waals surface area contributed by atoms with Gasteiger partial charge in [0.1, 0.15) is 22.9 Å². The van der Waals surface area contributed by atoms with Crippen molar-refractivity contribution < 1.29 is 19.1 Å². The number of allylic oxidation sites excluding steroid dienone is 1. The van der Waals surface area contributed by atoms with Crippen molar-refractivity contribution in [2.45, 2.75) is 45.5 Å². The number of carbonyl (C=O) groups excluding carboxylic acids is 2. The molecular formula is C30H32N4O4S2. The predicted molar refractivity (Wildman–Crippen MR) is 160 cm³/mol. The number of benzene rings is 2. The molecule has 2 aromatic heterocycles. The first-order valence-corrected chi connectivity index (χ1v) is 14.7. The molecule has 0 bridgehead atoms. The summed E-state index contributed by atoms with van der Waals surface area (Å²) < 4.78 is 12.8. The molecule has 0 fully saturated rings. The molecular weight excluding hydrogens is 544 g/mol. The minimum Gasteiger partial charge on any atom is -0.486 e. The molecule has 0 spiro atoms. The van der Waals surface area contributed by atoms with Crippen molar-refractivity contribution >= 4 is 40.0 Å². The van der Waals surface area contributed by atoms with Crippen LogP contribution in [-0.2, 0) is 29.1 Å². The Morgan fingerprint density at radius 1 is 1.12 bits per heavy atom. The Hall–Kier alpha value is -3.89. The van der Waals surface area contributed by atoms with Crippen LogP contribution >= 0.6 is 23.1 Å². The van der Waals surface area contributed by atoms with E-state index in [1.165, 1.54) is 35.8 Å². The molecule has 0 atom stereocenters. The van der Waals surface area contributed by atoms with Crippen LogP contribution in [0, 0.1) is 13.8 Å². The number of ether oxygens (including phenoxy) is 2. The number of aromatic nitrogens is 3. The van der Waals surface area contributed by atoms with Gasteiger partial charge in [0.05, 0.1) is 12.9 Å². The number of amides is 1. The highest BCUT2D eigenvalue weighted by atomic mass is 32.2. The second-order valence-corrected chi connectivity index (χ2v) is 10.9. The van der Waals surface area contributed by atoms with E-state index < -0.39 is 5.97 Å². The number of thiophene rings is 1. The van der Waals surface area contributed by atoms with Crippen molar-refractivity contribution in [3.05, 3.63) is 88.6 Å². The van der Waals surface area contributed by atoms with Crippen molar-refractivity contribution in [3.63, 3.8) is 0 Å². The Kier molecular flexibility index (Phi) is 9.79. The number of hydrogen-bond acceptors (Lipinski definition) is 8. The summed E-state index contributed by atoms with van der Waals surface area (Å²) in [5.74, 6) is 0.681. The van der Waals surface area contributed by atoms with E-state index in [4.69, 9.17) is 9.47 Å². The maximum atomic E-state index is 13.0. The molecule has 1 N–H and O–H groups in total. The molecule has 10 heteroatoms. The number of hydrogen-bond donors (Lipinski definition) is 1. The molecule has 0 aliphatic carbocycles. The lowest BCUT2D eigenvalue weighted by atomic mass is 9.97. The maximum absolute atomic E-state index is 13.0. The van der Waals surface area contributed by atoms with Crippen LogP contribution in [0.1, 0.15) is 39.8 Å². The van der Waals surface area contributed by atoms with E-state index >= 15 is 0 Å². The zero-order valence-corrected chi connectivity index (χ0v) is 24.7. The number of methoxy groups -OCH3 is 1. The molecule has 0 aliphatic heterocycles. The fraction of sp³-hybridized carbons (Fsp3) is 0.267. The Morgan fingerprint density at radius 3 is 2.60 bits per heavy atom. The zero-order valence-electron chi connectivity index (χ0n) is 23.0. The molecule has 0 saturated heterocycles. The third-order valence-electron chi connectivity index (χ3n) is 6.25. The number of rotatable bonds is 12. The highest BCUT2D eigenvalue weighted by Gasteiger charge is 2.24. The summed E-state index contributed by atoms with van der Waals surface area (Å²) >= 11 is 2.55. The number of anilines is 1. The van der Waals surface area contributed by atoms with Crippen molar-refractivity contribution in [2.24, 2.45) is 0 Å². The number of thioether (sulfide) groups is 1. The Labute approximate surface area is 242 Å². The summed E-state index contributed by atoms with van der Waals surface area (Å²) in [5, 5.41) is 14.3. The smallest absolute Gasteiger partial charge is 0.341 e. The highest BCUT2D eigenvalue weighted by Crippen LogP contribution is 2.38. The Morgan fingerprint density at radius 2 is 1.90 bits per heavy atom. The van der Waals surface area contributed by atoms with Gasteiger partial charge in [-0.3, -0.25) is 9.36 Å². The third-order valence-corrected chi connectivity index (χ3v) is 8.12. The monoisotopic (exact) mass is 576 g/mol. The van der Waals surface area contributed by atoms with Gasteiger partial charge in [0, 0.05) is 17.5 Å². The molecule has 4 rings (SSSR count). The largest absolute Gasteiger partial charge is 0.486 e. The number of aryl methyl sites for hydroxylation is 3. The second kappa shape index (κ2) is 13.5. The average Bonchev–Trinajstić information content (AvgIpc) is 3.55. The van der Waals surface area contributed by atoms with Crippen LogP contribution in [0.15, 0.2) is 65.7 Å². The lowest BCUT2D eigenvalue weighted by Crippen LogP contribution is -2.16. The van der Waals surface area contributed by atoms with E-state index in [1.807, 2.05) is 66.3 Å². The molecule has 40 heavy (non-hydrogen) atoms. The normalized spacial score (nSPS) is 10.8. The first-order valence-electron chi connectivity index (χ1n) is 12.8. The molecule has 0 radical (unpaired) electrons. The summed E-state index contributed by atoms with van der Waals surface area (Å²) in [7, 11) is 1.34. The summed E-state index contributed by atoms with van der Waals surface area (Å²) in [5.41, 5.74) is 5.36. The van der Waals surface area contributed by atoms with Gasteiger partial charge in [-0.25, -0.2) is 4.79 Å². The summed E-state index contributed by atoms with van der Waals surface area (Å²) in [6.07, 6.45) is 2.71. The van der Waals surface area contributed by atoms with Crippen LogP contribution in [0.4, 0.5) is 5.00 Å². The molecule has 0 saturated carbocycles. The van der Waals surface area contributed by atoms with Gasteiger partial charge in [0.25, 0.3) is 0 Å². The van der Waals surface area contributed by atoms with Crippen LogP contribution in [-0.4, -0.2) is 39.5 Å². The lowest BCUT2D eigenvalue weighted by molar-refractivity contribution is -0.113. The van der Waals surface area contributed by atoms with Crippen molar-refractivity contribution in [2.75, 3.05) is 18.2 Å². The summed E-state index contributed by atoms with van der Waals surface area (Å²) in [6, 6.07) is 14.0. The van der Waals surface area contributed by atoms with E-state index in [1.54, 1.807) is 6.08 Å². The molecule has 0 aliphatic rings. The minimum absolute atomic E-state index is 0.0753. The predicted octanol–water partition coefficient (Wildman–Crippen LogP) is 6.47. The standard InChI is InChI=1S/C30H32N4O4S2/c1-6-14-34-25(16-38-22-12-10-21(7-2)11-13-22)32-33-30(34)40-18-26(35)31-28-27(29(36)37-5)24(17-39-28)23-15-19(3)8-9-20(23)4/h6,8-13,15,17H,1,7,14,16,18H2,2-5H3,(H,31,35). The van der Waals surface area contributed by atoms with Gasteiger partial charge in [-0.15, -0.1) is 28.1 Å². The first-order chi connectivity index (χ1) is 19.3. The maximum Gasteiger partial charge on any atom is 0.341 e. The van der Waals surface area contributed by atoms with Crippen LogP contribution in [0.25, 0.3) is 11.1 Å². The molecule has 208 valence electrons. The van der Waals surface area contributed by atoms with E-state index in [0.29, 0.717) is 28.1 Å². The van der Waals surface area contributed by atoms with Gasteiger partial charge >= 0.3 is 5.97 Å². The zero-order chi connectivity index (χ0) is 28.6. The summed E-state index contributed by atoms with van der Waals surface area (Å²) in [6.45, 7) is 10.6. The fourth-order valence-electron chi connectivity index (χ4n) is 4.09. The van der Waals surface area contributed by atoms with Gasteiger partial charge < -0.3 is 14.8 Å². The van der Waals surface area contributed by atoms with Gasteiger partial charge in [0.2, 0.25) is 5.91 Å². The van der Waals surface area contributed by atoms with E-state index in [9.17, 15) is 9.59 Å². The van der Waals surface area contributed by atoms with Crippen LogP contribution in [0.2, 0.25) is 0 Å². The summed E-state index contributed by atoms with van der Waals surface area (Å²) in [4.78, 5) is 25.7.